The number of nitrogens with zero attached hydrogens (tertiary/aromatic N) is 4. The van der Waals surface area contributed by atoms with Crippen LogP contribution in [0.4, 0.5) is 5.69 Å². The lowest BCUT2D eigenvalue weighted by molar-refractivity contribution is -0.113. The molecule has 0 aliphatic heterocycles. The first-order chi connectivity index (χ1) is 16.0. The second kappa shape index (κ2) is 10.2. The molecule has 0 atom stereocenters. The van der Waals surface area contributed by atoms with Gasteiger partial charge in [-0.15, -0.1) is 10.2 Å². The summed E-state index contributed by atoms with van der Waals surface area (Å²) in [5.74, 6) is 0.788. The Morgan fingerprint density at radius 3 is 2.45 bits per heavy atom. The number of carbonyl (C=O) groups excluding carboxylic acids is 1. The van der Waals surface area contributed by atoms with Gasteiger partial charge in [-0.25, -0.2) is 0 Å². The highest BCUT2D eigenvalue weighted by atomic mass is 32.2. The van der Waals surface area contributed by atoms with Crippen molar-refractivity contribution in [2.45, 2.75) is 25.4 Å². The van der Waals surface area contributed by atoms with E-state index in [-0.39, 0.29) is 11.7 Å². The number of amides is 1. The SMILES string of the molecule is Cc1ccc(-n2c(SCC(=O)Nc3ccc(CC#N)cc3)nnc2-c2ccccc2)cc1C. The van der Waals surface area contributed by atoms with Gasteiger partial charge in [-0.3, -0.25) is 9.36 Å². The number of thioether (sulfide) groups is 1. The molecule has 0 radical (unpaired) electrons. The van der Waals surface area contributed by atoms with Gasteiger partial charge in [0.25, 0.3) is 0 Å². The third-order valence-corrected chi connectivity index (χ3v) is 6.20. The molecule has 164 valence electrons. The first-order valence-corrected chi connectivity index (χ1v) is 11.5. The first kappa shape index (κ1) is 22.3. The number of nitriles is 1. The van der Waals surface area contributed by atoms with E-state index >= 15 is 0 Å². The molecule has 0 fully saturated rings. The third-order valence-electron chi connectivity index (χ3n) is 5.27. The Balaban J connectivity index is 1.56. The number of hydrogen-bond acceptors (Lipinski definition) is 5. The highest BCUT2D eigenvalue weighted by Crippen LogP contribution is 2.29. The maximum Gasteiger partial charge on any atom is 0.234 e. The monoisotopic (exact) mass is 453 g/mol. The van der Waals surface area contributed by atoms with Crippen molar-refractivity contribution in [2.24, 2.45) is 0 Å². The number of benzene rings is 3. The summed E-state index contributed by atoms with van der Waals surface area (Å²) in [6.07, 6.45) is 0.349. The summed E-state index contributed by atoms with van der Waals surface area (Å²) >= 11 is 1.34. The Hall–Kier alpha value is -3.89. The van der Waals surface area contributed by atoms with Crippen LogP contribution in [0.5, 0.6) is 0 Å². The molecular formula is C26H23N5OS. The summed E-state index contributed by atoms with van der Waals surface area (Å²) in [5, 5.41) is 21.2. The number of aryl methyl sites for hydroxylation is 2. The lowest BCUT2D eigenvalue weighted by atomic mass is 10.1. The second-order valence-electron chi connectivity index (χ2n) is 7.64. The molecule has 6 nitrogen and oxygen atoms in total. The number of rotatable bonds is 7. The molecule has 1 heterocycles. The van der Waals surface area contributed by atoms with Crippen molar-refractivity contribution in [3.05, 3.63) is 89.5 Å². The van der Waals surface area contributed by atoms with E-state index in [1.807, 2.05) is 53.1 Å². The maximum atomic E-state index is 12.6. The van der Waals surface area contributed by atoms with E-state index in [2.05, 4.69) is 47.6 Å². The first-order valence-electron chi connectivity index (χ1n) is 10.5. The van der Waals surface area contributed by atoms with Crippen molar-refractivity contribution >= 4 is 23.4 Å². The zero-order valence-corrected chi connectivity index (χ0v) is 19.3. The van der Waals surface area contributed by atoms with Gasteiger partial charge in [0.2, 0.25) is 5.91 Å². The molecule has 33 heavy (non-hydrogen) atoms. The van der Waals surface area contributed by atoms with Crippen molar-refractivity contribution in [2.75, 3.05) is 11.1 Å². The summed E-state index contributed by atoms with van der Waals surface area (Å²) in [5.41, 5.74) is 5.91. The Morgan fingerprint density at radius 2 is 1.76 bits per heavy atom. The van der Waals surface area contributed by atoms with Crippen molar-refractivity contribution < 1.29 is 4.79 Å². The highest BCUT2D eigenvalue weighted by molar-refractivity contribution is 7.99. The van der Waals surface area contributed by atoms with Crippen LogP contribution in [0.3, 0.4) is 0 Å². The minimum atomic E-state index is -0.135. The lowest BCUT2D eigenvalue weighted by Crippen LogP contribution is -2.14. The average Bonchev–Trinajstić information content (AvgIpc) is 3.25. The van der Waals surface area contributed by atoms with E-state index in [4.69, 9.17) is 5.26 Å². The molecule has 0 aliphatic rings. The van der Waals surface area contributed by atoms with Crippen LogP contribution in [0.15, 0.2) is 78.0 Å². The van der Waals surface area contributed by atoms with Crippen LogP contribution in [0.1, 0.15) is 16.7 Å². The fourth-order valence-corrected chi connectivity index (χ4v) is 4.11. The standard InChI is InChI=1S/C26H23N5OS/c1-18-8-13-23(16-19(18)2)31-25(21-6-4-3-5-7-21)29-30-26(31)33-17-24(32)28-22-11-9-20(10-12-22)14-15-27/h3-13,16H,14,17H2,1-2H3,(H,28,32). The van der Waals surface area contributed by atoms with Crippen LogP contribution < -0.4 is 5.32 Å². The number of aromatic nitrogens is 3. The van der Waals surface area contributed by atoms with Gasteiger partial charge < -0.3 is 5.32 Å². The number of nitrogens with one attached hydrogen (secondary N) is 1. The lowest BCUT2D eigenvalue weighted by Gasteiger charge is -2.12. The van der Waals surface area contributed by atoms with E-state index in [1.165, 1.54) is 22.9 Å². The third kappa shape index (κ3) is 5.30. The van der Waals surface area contributed by atoms with Gasteiger partial charge in [-0.05, 0) is 54.8 Å². The van der Waals surface area contributed by atoms with Crippen LogP contribution in [-0.4, -0.2) is 26.4 Å². The van der Waals surface area contributed by atoms with E-state index in [0.717, 1.165) is 22.6 Å². The molecular weight excluding hydrogens is 430 g/mol. The van der Waals surface area contributed by atoms with Crippen molar-refractivity contribution in [3.63, 3.8) is 0 Å². The highest BCUT2D eigenvalue weighted by Gasteiger charge is 2.17. The van der Waals surface area contributed by atoms with E-state index < -0.39 is 0 Å². The van der Waals surface area contributed by atoms with Gasteiger partial charge in [-0.2, -0.15) is 5.26 Å². The Labute approximate surface area is 197 Å². The van der Waals surface area contributed by atoms with Crippen LogP contribution in [0.2, 0.25) is 0 Å². The fraction of sp³-hybridized carbons (Fsp3) is 0.154. The molecule has 7 heteroatoms. The van der Waals surface area contributed by atoms with Crippen molar-refractivity contribution in [3.8, 4) is 23.1 Å². The summed E-state index contributed by atoms with van der Waals surface area (Å²) in [7, 11) is 0. The summed E-state index contributed by atoms with van der Waals surface area (Å²) in [6, 6.07) is 25.5. The van der Waals surface area contributed by atoms with Crippen LogP contribution in [0.25, 0.3) is 17.1 Å². The van der Waals surface area contributed by atoms with Gasteiger partial charge in [0.1, 0.15) is 0 Å². The average molecular weight is 454 g/mol. The van der Waals surface area contributed by atoms with Crippen molar-refractivity contribution in [1.82, 2.24) is 14.8 Å². The number of anilines is 1. The normalized spacial score (nSPS) is 10.6. The quantitative estimate of drug-likeness (QED) is 0.382. The molecule has 0 unspecified atom stereocenters. The van der Waals surface area contributed by atoms with Crippen LogP contribution >= 0.6 is 11.8 Å². The summed E-state index contributed by atoms with van der Waals surface area (Å²) in [4.78, 5) is 12.6. The second-order valence-corrected chi connectivity index (χ2v) is 8.59. The Bertz CT molecular complexity index is 1310. The van der Waals surface area contributed by atoms with E-state index in [9.17, 15) is 4.79 Å². The van der Waals surface area contributed by atoms with Crippen LogP contribution in [-0.2, 0) is 11.2 Å². The number of hydrogen-bond donors (Lipinski definition) is 1. The minimum absolute atomic E-state index is 0.135. The predicted molar refractivity (Wildman–Crippen MR) is 131 cm³/mol. The minimum Gasteiger partial charge on any atom is -0.325 e. The van der Waals surface area contributed by atoms with Gasteiger partial charge >= 0.3 is 0 Å². The Morgan fingerprint density at radius 1 is 1.00 bits per heavy atom. The molecule has 0 aliphatic carbocycles. The van der Waals surface area contributed by atoms with E-state index in [1.54, 1.807) is 12.1 Å². The topological polar surface area (TPSA) is 83.6 Å². The maximum absolute atomic E-state index is 12.6. The molecule has 0 spiro atoms. The Kier molecular flexibility index (Phi) is 6.86. The zero-order valence-electron chi connectivity index (χ0n) is 18.4. The van der Waals surface area contributed by atoms with Gasteiger partial charge in [0, 0.05) is 11.3 Å². The van der Waals surface area contributed by atoms with Crippen LogP contribution in [0, 0.1) is 25.2 Å². The summed E-state index contributed by atoms with van der Waals surface area (Å²) < 4.78 is 2.00. The molecule has 1 aromatic heterocycles. The van der Waals surface area contributed by atoms with Gasteiger partial charge in [0.05, 0.1) is 23.9 Å². The molecule has 0 bridgehead atoms. The van der Waals surface area contributed by atoms with Crippen molar-refractivity contribution in [1.29, 1.82) is 5.26 Å². The predicted octanol–water partition coefficient (Wildman–Crippen LogP) is 5.35. The molecule has 3 aromatic carbocycles. The zero-order chi connectivity index (χ0) is 23.2. The largest absolute Gasteiger partial charge is 0.325 e. The molecule has 0 saturated heterocycles. The smallest absolute Gasteiger partial charge is 0.234 e. The molecule has 4 aromatic rings. The fourth-order valence-electron chi connectivity index (χ4n) is 3.36. The van der Waals surface area contributed by atoms with Gasteiger partial charge in [0.15, 0.2) is 11.0 Å². The summed E-state index contributed by atoms with van der Waals surface area (Å²) in [6.45, 7) is 4.16. The molecule has 1 N–H and O–H groups in total. The van der Waals surface area contributed by atoms with E-state index in [0.29, 0.717) is 17.3 Å². The molecule has 0 saturated carbocycles. The molecule has 4 rings (SSSR count). The molecule has 1 amide bonds. The van der Waals surface area contributed by atoms with Gasteiger partial charge in [-0.1, -0.05) is 60.3 Å². The number of carbonyl (C=O) groups is 1.